The molecule has 0 aliphatic carbocycles. The minimum atomic E-state index is -0.0451. The van der Waals surface area contributed by atoms with Crippen molar-refractivity contribution in [2.75, 3.05) is 39.8 Å². The number of guanidine groups is 1. The lowest BCUT2D eigenvalue weighted by molar-refractivity contribution is 0.0658. The Bertz CT molecular complexity index is 975. The number of para-hydroxylation sites is 1. The third-order valence-electron chi connectivity index (χ3n) is 5.39. The van der Waals surface area contributed by atoms with Gasteiger partial charge in [0.25, 0.3) is 5.91 Å². The van der Waals surface area contributed by atoms with Crippen molar-refractivity contribution in [1.29, 1.82) is 0 Å². The van der Waals surface area contributed by atoms with Crippen LogP contribution in [-0.4, -0.2) is 66.4 Å². The van der Waals surface area contributed by atoms with Crippen LogP contribution in [0.1, 0.15) is 22.5 Å². The topological polar surface area (TPSA) is 76.9 Å². The van der Waals surface area contributed by atoms with Crippen molar-refractivity contribution in [1.82, 2.24) is 20.1 Å². The van der Waals surface area contributed by atoms with Gasteiger partial charge in [-0.1, -0.05) is 18.2 Å². The first-order valence-corrected chi connectivity index (χ1v) is 10.1. The summed E-state index contributed by atoms with van der Waals surface area (Å²) in [6.07, 6.45) is 5.68. The van der Waals surface area contributed by atoms with E-state index in [4.69, 9.17) is 4.42 Å². The van der Waals surface area contributed by atoms with Crippen molar-refractivity contribution in [2.45, 2.75) is 12.8 Å². The summed E-state index contributed by atoms with van der Waals surface area (Å²) in [7, 11) is 1.81. The van der Waals surface area contributed by atoms with Crippen LogP contribution in [-0.2, 0) is 6.42 Å². The first kappa shape index (κ1) is 22.2. The van der Waals surface area contributed by atoms with Crippen LogP contribution < -0.4 is 5.32 Å². The highest BCUT2D eigenvalue weighted by Crippen LogP contribution is 2.18. The van der Waals surface area contributed by atoms with Gasteiger partial charge in [0.2, 0.25) is 0 Å². The number of aliphatic imine (C=N–C) groups is 1. The van der Waals surface area contributed by atoms with Gasteiger partial charge in [-0.2, -0.15) is 0 Å². The predicted octanol–water partition coefficient (Wildman–Crippen LogP) is 3.34. The third-order valence-corrected chi connectivity index (χ3v) is 5.39. The number of aromatic nitrogens is 1. The summed E-state index contributed by atoms with van der Waals surface area (Å²) in [6.45, 7) is 3.70. The van der Waals surface area contributed by atoms with Crippen LogP contribution in [0.15, 0.2) is 58.3 Å². The van der Waals surface area contributed by atoms with Gasteiger partial charge in [0, 0.05) is 56.9 Å². The number of carbonyl (C=O) groups is 1. The van der Waals surface area contributed by atoms with Crippen LogP contribution in [0, 0.1) is 0 Å². The first-order chi connectivity index (χ1) is 14.3. The molecule has 8 heteroatoms. The maximum absolute atomic E-state index is 12.4. The molecule has 3 heterocycles. The number of carbonyl (C=O) groups excluding carboxylic acids is 1. The number of benzene rings is 1. The molecule has 160 valence electrons. The fourth-order valence-corrected chi connectivity index (χ4v) is 3.83. The Morgan fingerprint density at radius 2 is 1.90 bits per heavy atom. The average molecular weight is 521 g/mol. The molecule has 2 aromatic heterocycles. The molecule has 0 saturated carbocycles. The summed E-state index contributed by atoms with van der Waals surface area (Å²) in [6, 6.07) is 11.9. The number of piperazine rings is 1. The molecular weight excluding hydrogens is 493 g/mol. The Morgan fingerprint density at radius 1 is 1.13 bits per heavy atom. The Hall–Kier alpha value is -2.49. The summed E-state index contributed by atoms with van der Waals surface area (Å²) in [4.78, 5) is 24.2. The second-order valence-corrected chi connectivity index (χ2v) is 7.19. The van der Waals surface area contributed by atoms with E-state index in [0.29, 0.717) is 18.8 Å². The number of amides is 1. The van der Waals surface area contributed by atoms with E-state index in [-0.39, 0.29) is 29.9 Å². The number of H-pyrrole nitrogens is 1. The van der Waals surface area contributed by atoms with E-state index in [1.165, 1.54) is 22.7 Å². The molecule has 0 bridgehead atoms. The number of hydrogen-bond acceptors (Lipinski definition) is 3. The number of fused-ring (bicyclic) bond motifs is 1. The van der Waals surface area contributed by atoms with Crippen molar-refractivity contribution in [2.24, 2.45) is 4.99 Å². The number of hydrogen-bond donors (Lipinski definition) is 2. The van der Waals surface area contributed by atoms with E-state index in [2.05, 4.69) is 50.7 Å². The van der Waals surface area contributed by atoms with E-state index in [1.807, 2.05) is 11.9 Å². The summed E-state index contributed by atoms with van der Waals surface area (Å²) < 4.78 is 5.22. The second-order valence-electron chi connectivity index (χ2n) is 7.19. The van der Waals surface area contributed by atoms with Crippen molar-refractivity contribution in [3.8, 4) is 0 Å². The van der Waals surface area contributed by atoms with Crippen LogP contribution >= 0.6 is 24.0 Å². The third kappa shape index (κ3) is 4.97. The zero-order valence-electron chi connectivity index (χ0n) is 17.1. The number of halogens is 1. The highest BCUT2D eigenvalue weighted by atomic mass is 127. The first-order valence-electron chi connectivity index (χ1n) is 10.1. The fraction of sp³-hybridized carbons (Fsp3) is 0.364. The molecule has 0 spiro atoms. The largest absolute Gasteiger partial charge is 0.459 e. The van der Waals surface area contributed by atoms with Gasteiger partial charge in [0.1, 0.15) is 0 Å². The van der Waals surface area contributed by atoms with Gasteiger partial charge in [0.15, 0.2) is 11.7 Å². The molecule has 4 rings (SSSR count). The fourth-order valence-electron chi connectivity index (χ4n) is 3.83. The van der Waals surface area contributed by atoms with E-state index in [1.54, 1.807) is 12.1 Å². The van der Waals surface area contributed by atoms with Crippen molar-refractivity contribution < 1.29 is 9.21 Å². The zero-order valence-corrected chi connectivity index (χ0v) is 19.5. The number of aromatic amines is 1. The van der Waals surface area contributed by atoms with E-state index >= 15 is 0 Å². The van der Waals surface area contributed by atoms with Gasteiger partial charge < -0.3 is 24.5 Å². The lowest BCUT2D eigenvalue weighted by Crippen LogP contribution is -2.53. The van der Waals surface area contributed by atoms with E-state index in [0.717, 1.165) is 38.4 Å². The number of furan rings is 1. The standard InChI is InChI=1S/C22H27N5O2.HI/c1-23-22(24-10-4-6-17-16-25-19-8-3-2-7-18(17)19)27-13-11-26(12-14-27)21(28)20-9-5-15-29-20;/h2-3,5,7-9,15-16,25H,4,6,10-14H2,1H3,(H,23,24);1H. The number of rotatable bonds is 5. The molecule has 0 atom stereocenters. The smallest absolute Gasteiger partial charge is 0.289 e. The summed E-state index contributed by atoms with van der Waals surface area (Å²) >= 11 is 0. The zero-order chi connectivity index (χ0) is 20.1. The van der Waals surface area contributed by atoms with Crippen molar-refractivity contribution >= 4 is 46.7 Å². The minimum absolute atomic E-state index is 0. The number of nitrogens with zero attached hydrogens (tertiary/aromatic N) is 3. The average Bonchev–Trinajstić information content (AvgIpc) is 3.44. The normalized spacial score (nSPS) is 14.6. The van der Waals surface area contributed by atoms with Gasteiger partial charge in [-0.3, -0.25) is 9.79 Å². The highest BCUT2D eigenvalue weighted by molar-refractivity contribution is 14.0. The van der Waals surface area contributed by atoms with Gasteiger partial charge >= 0.3 is 0 Å². The molecule has 1 saturated heterocycles. The van der Waals surface area contributed by atoms with Crippen LogP contribution in [0.4, 0.5) is 0 Å². The quantitative estimate of drug-likeness (QED) is 0.234. The molecule has 3 aromatic rings. The van der Waals surface area contributed by atoms with Gasteiger partial charge in [-0.15, -0.1) is 24.0 Å². The molecule has 1 aromatic carbocycles. The van der Waals surface area contributed by atoms with Gasteiger partial charge in [-0.05, 0) is 36.6 Å². The molecule has 0 unspecified atom stereocenters. The Morgan fingerprint density at radius 3 is 2.63 bits per heavy atom. The van der Waals surface area contributed by atoms with Gasteiger partial charge in [-0.25, -0.2) is 0 Å². The molecular formula is C22H28IN5O2. The molecule has 30 heavy (non-hydrogen) atoms. The second kappa shape index (κ2) is 10.5. The van der Waals surface area contributed by atoms with Crippen molar-refractivity contribution in [3.63, 3.8) is 0 Å². The minimum Gasteiger partial charge on any atom is -0.459 e. The summed E-state index contributed by atoms with van der Waals surface area (Å²) in [5, 5.41) is 4.77. The lowest BCUT2D eigenvalue weighted by Gasteiger charge is -2.36. The lowest BCUT2D eigenvalue weighted by atomic mass is 10.1. The molecule has 1 aliphatic heterocycles. The number of aryl methyl sites for hydroxylation is 1. The predicted molar refractivity (Wildman–Crippen MR) is 130 cm³/mol. The van der Waals surface area contributed by atoms with Gasteiger partial charge in [0.05, 0.1) is 6.26 Å². The monoisotopic (exact) mass is 521 g/mol. The van der Waals surface area contributed by atoms with E-state index < -0.39 is 0 Å². The highest BCUT2D eigenvalue weighted by Gasteiger charge is 2.25. The molecule has 1 aliphatic rings. The Kier molecular flexibility index (Phi) is 7.78. The number of nitrogens with one attached hydrogen (secondary N) is 2. The maximum atomic E-state index is 12.4. The molecule has 0 radical (unpaired) electrons. The van der Waals surface area contributed by atoms with Crippen LogP contribution in [0.5, 0.6) is 0 Å². The van der Waals surface area contributed by atoms with Crippen LogP contribution in [0.25, 0.3) is 10.9 Å². The molecule has 2 N–H and O–H groups in total. The van der Waals surface area contributed by atoms with Crippen LogP contribution in [0.2, 0.25) is 0 Å². The van der Waals surface area contributed by atoms with Crippen LogP contribution in [0.3, 0.4) is 0 Å². The SMILES string of the molecule is CN=C(NCCCc1c[nH]c2ccccc12)N1CCN(C(=O)c2ccco2)CC1.I. The van der Waals surface area contributed by atoms with Crippen molar-refractivity contribution in [3.05, 3.63) is 60.2 Å². The van der Waals surface area contributed by atoms with E-state index in [9.17, 15) is 4.79 Å². The molecule has 7 nitrogen and oxygen atoms in total. The summed E-state index contributed by atoms with van der Waals surface area (Å²) in [5.41, 5.74) is 2.54. The maximum Gasteiger partial charge on any atom is 0.289 e. The Balaban J connectivity index is 0.00000256. The Labute approximate surface area is 193 Å². The summed E-state index contributed by atoms with van der Waals surface area (Å²) in [5.74, 6) is 1.25. The molecule has 1 amide bonds. The molecule has 1 fully saturated rings.